The van der Waals surface area contributed by atoms with E-state index in [4.69, 9.17) is 16.3 Å². The van der Waals surface area contributed by atoms with Crippen molar-refractivity contribution in [1.29, 1.82) is 0 Å². The van der Waals surface area contributed by atoms with Gasteiger partial charge in [-0.2, -0.15) is 0 Å². The van der Waals surface area contributed by atoms with Crippen LogP contribution >= 0.6 is 23.4 Å². The molecule has 0 saturated carbocycles. The minimum atomic E-state index is 0.509. The first-order valence-electron chi connectivity index (χ1n) is 5.05. The Labute approximate surface area is 100 Å². The van der Waals surface area contributed by atoms with Gasteiger partial charge in [-0.3, -0.25) is 0 Å². The number of alkyl halides is 1. The van der Waals surface area contributed by atoms with Crippen LogP contribution in [0.5, 0.6) is 5.88 Å². The molecule has 0 aliphatic carbocycles. The Morgan fingerprint density at radius 1 is 1.53 bits per heavy atom. The van der Waals surface area contributed by atoms with Crippen molar-refractivity contribution in [2.45, 2.75) is 18.9 Å². The van der Waals surface area contributed by atoms with Crippen LogP contribution in [0.3, 0.4) is 0 Å². The van der Waals surface area contributed by atoms with Crippen LogP contribution in [0.1, 0.15) is 13.8 Å². The minimum Gasteiger partial charge on any atom is -0.478 e. The second-order valence-corrected chi connectivity index (χ2v) is 4.67. The van der Waals surface area contributed by atoms with Crippen LogP contribution in [-0.2, 0) is 0 Å². The Balaban J connectivity index is 2.50. The summed E-state index contributed by atoms with van der Waals surface area (Å²) < 4.78 is 5.33. The van der Waals surface area contributed by atoms with Crippen molar-refractivity contribution in [2.75, 3.05) is 18.2 Å². The average molecular weight is 246 g/mol. The molecule has 1 aromatic rings. The Kier molecular flexibility index (Phi) is 5.88. The lowest BCUT2D eigenvalue weighted by Crippen LogP contribution is -2.00. The average Bonchev–Trinajstić information content (AvgIpc) is 2.27. The van der Waals surface area contributed by atoms with E-state index >= 15 is 0 Å². The van der Waals surface area contributed by atoms with Crippen LogP contribution in [0.25, 0.3) is 0 Å². The number of ether oxygens (including phenoxy) is 1. The van der Waals surface area contributed by atoms with Gasteiger partial charge in [0.2, 0.25) is 5.88 Å². The van der Waals surface area contributed by atoms with Crippen molar-refractivity contribution >= 4 is 23.4 Å². The molecule has 1 atom stereocenters. The summed E-state index contributed by atoms with van der Waals surface area (Å²) in [7, 11) is 0. The first-order valence-corrected chi connectivity index (χ1v) is 6.57. The number of hydrogen-bond donors (Lipinski definition) is 0. The van der Waals surface area contributed by atoms with Crippen molar-refractivity contribution in [3.63, 3.8) is 0 Å². The van der Waals surface area contributed by atoms with Gasteiger partial charge in [-0.25, -0.2) is 4.98 Å². The van der Waals surface area contributed by atoms with Gasteiger partial charge >= 0.3 is 0 Å². The maximum atomic E-state index is 5.74. The summed E-state index contributed by atoms with van der Waals surface area (Å²) in [4.78, 5) is 4.37. The molecule has 0 aliphatic heterocycles. The van der Waals surface area contributed by atoms with E-state index in [1.165, 1.54) is 0 Å². The Bertz CT molecular complexity index is 296. The summed E-state index contributed by atoms with van der Waals surface area (Å²) in [5, 5.41) is 0.998. The topological polar surface area (TPSA) is 22.1 Å². The fourth-order valence-corrected chi connectivity index (χ4v) is 2.12. The lowest BCUT2D eigenvalue weighted by Gasteiger charge is -2.07. The van der Waals surface area contributed by atoms with Gasteiger partial charge in [0.05, 0.1) is 6.61 Å². The number of aromatic nitrogens is 1. The van der Waals surface area contributed by atoms with Gasteiger partial charge in [-0.1, -0.05) is 13.0 Å². The standard InChI is InChI=1S/C11H16ClNOS/c1-3-14-10-5-4-6-11(13-10)15-8-9(2)7-12/h4-6,9H,3,7-8H2,1-2H3. The Hall–Kier alpha value is -0.410. The third-order valence-electron chi connectivity index (χ3n) is 1.77. The van der Waals surface area contributed by atoms with Crippen LogP contribution in [0, 0.1) is 5.92 Å². The van der Waals surface area contributed by atoms with Crippen molar-refractivity contribution in [3.05, 3.63) is 18.2 Å². The second-order valence-electron chi connectivity index (χ2n) is 3.32. The third-order valence-corrected chi connectivity index (χ3v) is 3.56. The van der Waals surface area contributed by atoms with Crippen molar-refractivity contribution in [3.8, 4) is 5.88 Å². The molecule has 2 nitrogen and oxygen atoms in total. The quantitative estimate of drug-likeness (QED) is 0.566. The van der Waals surface area contributed by atoms with E-state index in [1.54, 1.807) is 11.8 Å². The number of thioether (sulfide) groups is 1. The first kappa shape index (κ1) is 12.7. The highest BCUT2D eigenvalue weighted by Gasteiger charge is 2.03. The van der Waals surface area contributed by atoms with Gasteiger partial charge in [0.1, 0.15) is 5.03 Å². The van der Waals surface area contributed by atoms with E-state index in [1.807, 2.05) is 25.1 Å². The molecule has 1 heterocycles. The highest BCUT2D eigenvalue weighted by molar-refractivity contribution is 7.99. The zero-order chi connectivity index (χ0) is 11.1. The van der Waals surface area contributed by atoms with Crippen LogP contribution in [-0.4, -0.2) is 23.2 Å². The second kappa shape index (κ2) is 6.96. The third kappa shape index (κ3) is 4.76. The molecule has 15 heavy (non-hydrogen) atoms. The molecule has 0 spiro atoms. The van der Waals surface area contributed by atoms with Gasteiger partial charge in [0.15, 0.2) is 0 Å². The molecule has 1 rings (SSSR count). The molecule has 0 aliphatic rings. The highest BCUT2D eigenvalue weighted by Crippen LogP contribution is 2.21. The van der Waals surface area contributed by atoms with Gasteiger partial charge in [0.25, 0.3) is 0 Å². The van der Waals surface area contributed by atoms with E-state index in [-0.39, 0.29) is 0 Å². The maximum absolute atomic E-state index is 5.74. The van der Waals surface area contributed by atoms with Gasteiger partial charge in [0, 0.05) is 17.7 Å². The number of hydrogen-bond acceptors (Lipinski definition) is 3. The molecule has 0 fully saturated rings. The fourth-order valence-electron chi connectivity index (χ4n) is 0.977. The predicted octanol–water partition coefficient (Wildman–Crippen LogP) is 3.45. The summed E-state index contributed by atoms with van der Waals surface area (Å²) in [5.74, 6) is 2.89. The van der Waals surface area contributed by atoms with Crippen LogP contribution in [0.15, 0.2) is 23.2 Å². The van der Waals surface area contributed by atoms with Crippen molar-refractivity contribution < 1.29 is 4.74 Å². The van der Waals surface area contributed by atoms with Crippen LogP contribution in [0.2, 0.25) is 0 Å². The lowest BCUT2D eigenvalue weighted by molar-refractivity contribution is 0.324. The number of pyridine rings is 1. The molecule has 1 aromatic heterocycles. The Morgan fingerprint density at radius 3 is 3.00 bits per heavy atom. The zero-order valence-electron chi connectivity index (χ0n) is 9.07. The normalized spacial score (nSPS) is 12.5. The smallest absolute Gasteiger partial charge is 0.214 e. The molecule has 4 heteroatoms. The van der Waals surface area contributed by atoms with Crippen LogP contribution in [0.4, 0.5) is 0 Å². The highest BCUT2D eigenvalue weighted by atomic mass is 35.5. The molecule has 0 amide bonds. The molecular weight excluding hydrogens is 230 g/mol. The SMILES string of the molecule is CCOc1cccc(SCC(C)CCl)n1. The van der Waals surface area contributed by atoms with Crippen LogP contribution < -0.4 is 4.74 Å². The van der Waals surface area contributed by atoms with Crippen molar-refractivity contribution in [2.24, 2.45) is 5.92 Å². The molecule has 1 unspecified atom stereocenters. The van der Waals surface area contributed by atoms with Gasteiger partial charge in [-0.15, -0.1) is 23.4 Å². The van der Waals surface area contributed by atoms with Gasteiger partial charge in [-0.05, 0) is 18.9 Å². The fraction of sp³-hybridized carbons (Fsp3) is 0.545. The zero-order valence-corrected chi connectivity index (χ0v) is 10.6. The monoisotopic (exact) mass is 245 g/mol. The van der Waals surface area contributed by atoms with E-state index in [0.717, 1.165) is 10.8 Å². The predicted molar refractivity (Wildman–Crippen MR) is 66.0 cm³/mol. The largest absolute Gasteiger partial charge is 0.478 e. The molecular formula is C11H16ClNOS. The number of halogens is 1. The van der Waals surface area contributed by atoms with Crippen molar-refractivity contribution in [1.82, 2.24) is 4.98 Å². The molecule has 0 radical (unpaired) electrons. The molecule has 0 bridgehead atoms. The number of rotatable bonds is 6. The first-order chi connectivity index (χ1) is 7.26. The van der Waals surface area contributed by atoms with Gasteiger partial charge < -0.3 is 4.74 Å². The summed E-state index contributed by atoms with van der Waals surface area (Å²) in [6, 6.07) is 5.83. The summed E-state index contributed by atoms with van der Waals surface area (Å²) in [5.41, 5.74) is 0. The van der Waals surface area contributed by atoms with E-state index in [0.29, 0.717) is 24.3 Å². The molecule has 0 aromatic carbocycles. The molecule has 84 valence electrons. The number of nitrogens with zero attached hydrogens (tertiary/aromatic N) is 1. The van der Waals surface area contributed by atoms with E-state index < -0.39 is 0 Å². The Morgan fingerprint density at radius 2 is 2.33 bits per heavy atom. The molecule has 0 saturated heterocycles. The lowest BCUT2D eigenvalue weighted by atomic mass is 10.3. The maximum Gasteiger partial charge on any atom is 0.214 e. The van der Waals surface area contributed by atoms with E-state index in [2.05, 4.69) is 11.9 Å². The summed E-state index contributed by atoms with van der Waals surface area (Å²) in [6.07, 6.45) is 0. The summed E-state index contributed by atoms with van der Waals surface area (Å²) >= 11 is 7.46. The summed E-state index contributed by atoms with van der Waals surface area (Å²) in [6.45, 7) is 4.74. The molecule has 0 N–H and O–H groups in total. The minimum absolute atomic E-state index is 0.509. The van der Waals surface area contributed by atoms with E-state index in [9.17, 15) is 0 Å².